The second-order valence-corrected chi connectivity index (χ2v) is 9.26. The highest BCUT2D eigenvalue weighted by Crippen LogP contribution is 2.44. The SMILES string of the molecule is CCCCC(NC(=O)OCC1c2ccccc2-c2ccccc21)C(=O)NCc1nc(C(=O)O)cs1. The molecule has 1 atom stereocenters. The molecule has 2 amide bonds. The Morgan fingerprint density at radius 3 is 2.34 bits per heavy atom. The number of hydrogen-bond acceptors (Lipinski definition) is 6. The molecule has 1 aromatic heterocycles. The van der Waals surface area contributed by atoms with E-state index in [0.717, 1.165) is 46.4 Å². The summed E-state index contributed by atoms with van der Waals surface area (Å²) in [6.45, 7) is 2.26. The first-order valence-electron chi connectivity index (χ1n) is 11.5. The summed E-state index contributed by atoms with van der Waals surface area (Å²) in [5.74, 6) is -1.54. The van der Waals surface area contributed by atoms with Crippen molar-refractivity contribution >= 4 is 29.3 Å². The average molecular weight is 494 g/mol. The summed E-state index contributed by atoms with van der Waals surface area (Å²) in [5.41, 5.74) is 4.46. The lowest BCUT2D eigenvalue weighted by atomic mass is 9.98. The number of nitrogens with zero attached hydrogens (tertiary/aromatic N) is 1. The van der Waals surface area contributed by atoms with Crippen molar-refractivity contribution in [2.75, 3.05) is 6.61 Å². The molecule has 0 aliphatic heterocycles. The third kappa shape index (κ3) is 5.68. The molecule has 0 fully saturated rings. The Morgan fingerprint density at radius 1 is 1.09 bits per heavy atom. The van der Waals surface area contributed by atoms with Crippen molar-refractivity contribution in [2.45, 2.75) is 44.7 Å². The van der Waals surface area contributed by atoms with Crippen LogP contribution in [0.4, 0.5) is 4.79 Å². The maximum Gasteiger partial charge on any atom is 0.407 e. The molecule has 182 valence electrons. The van der Waals surface area contributed by atoms with Gasteiger partial charge in [0, 0.05) is 11.3 Å². The van der Waals surface area contributed by atoms with Crippen LogP contribution in [-0.4, -0.2) is 40.7 Å². The Morgan fingerprint density at radius 2 is 1.74 bits per heavy atom. The number of aromatic carboxylic acids is 1. The molecule has 0 saturated carbocycles. The van der Waals surface area contributed by atoms with Gasteiger partial charge in [0.1, 0.15) is 17.7 Å². The van der Waals surface area contributed by atoms with Gasteiger partial charge in [-0.3, -0.25) is 4.79 Å². The lowest BCUT2D eigenvalue weighted by Gasteiger charge is -2.19. The smallest absolute Gasteiger partial charge is 0.407 e. The number of ether oxygens (including phenoxy) is 1. The molecule has 1 unspecified atom stereocenters. The maximum absolute atomic E-state index is 12.8. The minimum Gasteiger partial charge on any atom is -0.476 e. The molecule has 0 radical (unpaired) electrons. The summed E-state index contributed by atoms with van der Waals surface area (Å²) in [4.78, 5) is 40.4. The summed E-state index contributed by atoms with van der Waals surface area (Å²) in [7, 11) is 0. The zero-order chi connectivity index (χ0) is 24.8. The van der Waals surface area contributed by atoms with Crippen molar-refractivity contribution in [1.82, 2.24) is 15.6 Å². The van der Waals surface area contributed by atoms with Crippen LogP contribution < -0.4 is 10.6 Å². The number of carbonyl (C=O) groups excluding carboxylic acids is 2. The maximum atomic E-state index is 12.8. The Hall–Kier alpha value is -3.72. The Bertz CT molecular complexity index is 1180. The highest BCUT2D eigenvalue weighted by atomic mass is 32.1. The molecule has 0 spiro atoms. The zero-order valence-electron chi connectivity index (χ0n) is 19.3. The third-order valence-corrected chi connectivity index (χ3v) is 6.83. The van der Waals surface area contributed by atoms with Crippen LogP contribution in [0.1, 0.15) is 58.7 Å². The summed E-state index contributed by atoms with van der Waals surface area (Å²) in [6.07, 6.45) is 1.43. The zero-order valence-corrected chi connectivity index (χ0v) is 20.1. The molecular formula is C26H27N3O5S. The summed E-state index contributed by atoms with van der Waals surface area (Å²) in [6, 6.07) is 15.4. The lowest BCUT2D eigenvalue weighted by Crippen LogP contribution is -2.46. The van der Waals surface area contributed by atoms with E-state index in [1.807, 2.05) is 43.3 Å². The number of alkyl carbamates (subject to hydrolysis) is 1. The molecule has 8 nitrogen and oxygen atoms in total. The van der Waals surface area contributed by atoms with Crippen LogP contribution in [0.5, 0.6) is 0 Å². The minimum absolute atomic E-state index is 0.0569. The molecule has 0 saturated heterocycles. The number of hydrogen-bond donors (Lipinski definition) is 3. The predicted octanol–water partition coefficient (Wildman–Crippen LogP) is 4.56. The molecular weight excluding hydrogens is 466 g/mol. The molecule has 2 aromatic carbocycles. The predicted molar refractivity (Wildman–Crippen MR) is 132 cm³/mol. The third-order valence-electron chi connectivity index (χ3n) is 5.98. The fourth-order valence-electron chi connectivity index (χ4n) is 4.24. The van der Waals surface area contributed by atoms with Crippen molar-refractivity contribution in [3.63, 3.8) is 0 Å². The number of fused-ring (bicyclic) bond motifs is 3. The van der Waals surface area contributed by atoms with Crippen LogP contribution >= 0.6 is 11.3 Å². The molecule has 1 aliphatic carbocycles. The van der Waals surface area contributed by atoms with Gasteiger partial charge in [-0.25, -0.2) is 14.6 Å². The van der Waals surface area contributed by atoms with E-state index in [0.29, 0.717) is 11.4 Å². The number of aromatic nitrogens is 1. The van der Waals surface area contributed by atoms with Gasteiger partial charge in [-0.05, 0) is 28.7 Å². The van der Waals surface area contributed by atoms with E-state index in [2.05, 4.69) is 27.8 Å². The van der Waals surface area contributed by atoms with Crippen molar-refractivity contribution in [3.8, 4) is 11.1 Å². The number of nitrogens with one attached hydrogen (secondary N) is 2. The molecule has 3 aromatic rings. The van der Waals surface area contributed by atoms with Crippen LogP contribution in [0.3, 0.4) is 0 Å². The van der Waals surface area contributed by atoms with Crippen LogP contribution in [0, 0.1) is 0 Å². The fraction of sp³-hybridized carbons (Fsp3) is 0.308. The first-order valence-corrected chi connectivity index (χ1v) is 12.4. The summed E-state index contributed by atoms with van der Waals surface area (Å²) in [5, 5.41) is 16.3. The van der Waals surface area contributed by atoms with Gasteiger partial charge in [0.05, 0.1) is 6.54 Å². The quantitative estimate of drug-likeness (QED) is 0.381. The van der Waals surface area contributed by atoms with Crippen LogP contribution in [0.25, 0.3) is 11.1 Å². The van der Waals surface area contributed by atoms with Gasteiger partial charge < -0.3 is 20.5 Å². The molecule has 4 rings (SSSR count). The number of amides is 2. The van der Waals surface area contributed by atoms with Crippen LogP contribution in [0.15, 0.2) is 53.9 Å². The molecule has 3 N–H and O–H groups in total. The molecule has 1 aliphatic rings. The second-order valence-electron chi connectivity index (χ2n) is 8.31. The molecule has 1 heterocycles. The van der Waals surface area contributed by atoms with Crippen molar-refractivity contribution < 1.29 is 24.2 Å². The van der Waals surface area contributed by atoms with Gasteiger partial charge >= 0.3 is 12.1 Å². The standard InChI is InChI=1S/C26H27N3O5S/c1-2-3-12-21(24(30)27-13-23-28-22(15-35-23)25(31)32)29-26(33)34-14-20-18-10-6-4-8-16(18)17-9-5-7-11-19(17)20/h4-11,15,20-21H,2-3,12-14H2,1H3,(H,27,30)(H,29,33)(H,31,32). The highest BCUT2D eigenvalue weighted by molar-refractivity contribution is 7.09. The van der Waals surface area contributed by atoms with E-state index in [9.17, 15) is 14.4 Å². The van der Waals surface area contributed by atoms with Gasteiger partial charge in [-0.15, -0.1) is 11.3 Å². The number of rotatable bonds is 10. The minimum atomic E-state index is -1.11. The van der Waals surface area contributed by atoms with E-state index in [1.165, 1.54) is 5.38 Å². The molecule has 9 heteroatoms. The van der Waals surface area contributed by atoms with E-state index >= 15 is 0 Å². The number of carboxylic acid groups (broad SMARTS) is 1. The van der Waals surface area contributed by atoms with E-state index in [-0.39, 0.29) is 30.7 Å². The Balaban J connectivity index is 1.36. The van der Waals surface area contributed by atoms with Gasteiger partial charge in [0.25, 0.3) is 0 Å². The van der Waals surface area contributed by atoms with E-state index in [1.54, 1.807) is 0 Å². The number of carboxylic acids is 1. The van der Waals surface area contributed by atoms with Crippen molar-refractivity contribution in [1.29, 1.82) is 0 Å². The van der Waals surface area contributed by atoms with Gasteiger partial charge in [0.2, 0.25) is 5.91 Å². The first-order chi connectivity index (χ1) is 17.0. The summed E-state index contributed by atoms with van der Waals surface area (Å²) >= 11 is 1.16. The summed E-state index contributed by atoms with van der Waals surface area (Å²) < 4.78 is 5.59. The fourth-order valence-corrected chi connectivity index (χ4v) is 4.94. The number of unbranched alkanes of at least 4 members (excludes halogenated alkanes) is 1. The van der Waals surface area contributed by atoms with Gasteiger partial charge in [0.15, 0.2) is 5.69 Å². The van der Waals surface area contributed by atoms with Gasteiger partial charge in [-0.2, -0.15) is 0 Å². The van der Waals surface area contributed by atoms with Crippen LogP contribution in [-0.2, 0) is 16.1 Å². The topological polar surface area (TPSA) is 118 Å². The highest BCUT2D eigenvalue weighted by Gasteiger charge is 2.29. The second kappa shape index (κ2) is 11.1. The largest absolute Gasteiger partial charge is 0.476 e. The molecule has 35 heavy (non-hydrogen) atoms. The Kier molecular flexibility index (Phi) is 7.77. The lowest BCUT2D eigenvalue weighted by molar-refractivity contribution is -0.123. The number of benzene rings is 2. The van der Waals surface area contributed by atoms with Crippen molar-refractivity contribution in [2.24, 2.45) is 0 Å². The number of thiazole rings is 1. The Labute approximate surface area is 207 Å². The molecule has 0 bridgehead atoms. The first kappa shape index (κ1) is 24.4. The van der Waals surface area contributed by atoms with Gasteiger partial charge in [-0.1, -0.05) is 68.3 Å². The van der Waals surface area contributed by atoms with E-state index < -0.39 is 18.1 Å². The van der Waals surface area contributed by atoms with E-state index in [4.69, 9.17) is 9.84 Å². The van der Waals surface area contributed by atoms with Crippen LogP contribution in [0.2, 0.25) is 0 Å². The monoisotopic (exact) mass is 493 g/mol. The van der Waals surface area contributed by atoms with Crippen molar-refractivity contribution in [3.05, 3.63) is 75.7 Å². The number of carbonyl (C=O) groups is 3. The average Bonchev–Trinajstić information content (AvgIpc) is 3.47. The normalized spacial score (nSPS) is 12.9.